The Balaban J connectivity index is 1.98. The Kier molecular flexibility index (Phi) is 3.41. The van der Waals surface area contributed by atoms with E-state index in [9.17, 15) is 4.79 Å². The number of carbonyl (C=O) groups is 1. The Morgan fingerprint density at radius 1 is 1.38 bits per heavy atom. The van der Waals surface area contributed by atoms with Crippen LogP contribution in [0.1, 0.15) is 25.7 Å². The number of rotatable bonds is 3. The summed E-state index contributed by atoms with van der Waals surface area (Å²) in [4.78, 5) is 13.8. The highest BCUT2D eigenvalue weighted by molar-refractivity contribution is 7.12. The lowest BCUT2D eigenvalue weighted by atomic mass is 10.2. The van der Waals surface area contributed by atoms with E-state index in [-0.39, 0.29) is 5.91 Å². The minimum absolute atomic E-state index is 0.0123. The molecule has 2 heterocycles. The van der Waals surface area contributed by atoms with E-state index in [1.165, 1.54) is 27.3 Å². The number of carbonyl (C=O) groups excluding carboxylic acids is 1. The lowest BCUT2D eigenvalue weighted by Crippen LogP contribution is -2.21. The molecule has 0 fully saturated rings. The van der Waals surface area contributed by atoms with Gasteiger partial charge in [-0.1, -0.05) is 6.07 Å². The quantitative estimate of drug-likeness (QED) is 0.890. The second-order valence-electron chi connectivity index (χ2n) is 3.60. The highest BCUT2D eigenvalue weighted by Gasteiger charge is 2.08. The average Bonchev–Trinajstić information content (AvgIpc) is 2.89. The third kappa shape index (κ3) is 2.33. The molecule has 0 saturated carbocycles. The Labute approximate surface area is 103 Å². The second kappa shape index (κ2) is 4.80. The Hall–Kier alpha value is -1.13. The van der Waals surface area contributed by atoms with E-state index in [0.717, 1.165) is 4.88 Å². The lowest BCUT2D eigenvalue weighted by molar-refractivity contribution is 0.0955. The highest BCUT2D eigenvalue weighted by Crippen LogP contribution is 2.20. The fraction of sp³-hybridized carbons (Fsp3) is 0.250. The molecular formula is C12H13NOS2. The lowest BCUT2D eigenvalue weighted by Gasteiger charge is -2.03. The van der Waals surface area contributed by atoms with Gasteiger partial charge in [0.05, 0.1) is 4.88 Å². The normalized spacial score (nSPS) is 10.4. The van der Waals surface area contributed by atoms with Crippen LogP contribution in [0.25, 0.3) is 0 Å². The van der Waals surface area contributed by atoms with E-state index >= 15 is 0 Å². The molecule has 2 nitrogen and oxygen atoms in total. The molecule has 2 aromatic rings. The number of aryl methyl sites for hydroxylation is 1. The van der Waals surface area contributed by atoms with Crippen LogP contribution in [0.2, 0.25) is 0 Å². The first-order valence-corrected chi connectivity index (χ1v) is 6.79. The summed E-state index contributed by atoms with van der Waals surface area (Å²) in [5.74, 6) is 0.0123. The van der Waals surface area contributed by atoms with Crippen molar-refractivity contribution in [3.8, 4) is 0 Å². The topological polar surface area (TPSA) is 29.1 Å². The molecule has 2 rings (SSSR count). The molecule has 0 saturated heterocycles. The van der Waals surface area contributed by atoms with Gasteiger partial charge in [0.25, 0.3) is 5.91 Å². The second-order valence-corrected chi connectivity index (χ2v) is 5.63. The van der Waals surface area contributed by atoms with E-state index in [0.29, 0.717) is 6.54 Å². The van der Waals surface area contributed by atoms with Crippen LogP contribution in [-0.2, 0) is 6.54 Å². The monoisotopic (exact) mass is 251 g/mol. The molecule has 0 aliphatic heterocycles. The van der Waals surface area contributed by atoms with Crippen LogP contribution in [-0.4, -0.2) is 5.91 Å². The maximum atomic E-state index is 11.7. The number of amides is 1. The molecule has 1 N–H and O–H groups in total. The Morgan fingerprint density at radius 2 is 2.19 bits per heavy atom. The minimum atomic E-state index is 0.0123. The van der Waals surface area contributed by atoms with Crippen LogP contribution < -0.4 is 5.32 Å². The van der Waals surface area contributed by atoms with Gasteiger partial charge in [-0.25, -0.2) is 0 Å². The third-order valence-electron chi connectivity index (χ3n) is 2.57. The van der Waals surface area contributed by atoms with E-state index < -0.39 is 0 Å². The summed E-state index contributed by atoms with van der Waals surface area (Å²) in [6.07, 6.45) is 0. The molecule has 0 aliphatic carbocycles. The molecule has 4 heteroatoms. The third-order valence-corrected chi connectivity index (χ3v) is 4.50. The van der Waals surface area contributed by atoms with Crippen LogP contribution in [0.3, 0.4) is 0 Å². The fourth-order valence-corrected chi connectivity index (χ4v) is 2.93. The van der Waals surface area contributed by atoms with Gasteiger partial charge in [-0.15, -0.1) is 22.7 Å². The summed E-state index contributed by atoms with van der Waals surface area (Å²) >= 11 is 3.20. The maximum Gasteiger partial charge on any atom is 0.261 e. The predicted molar refractivity (Wildman–Crippen MR) is 69.3 cm³/mol. The van der Waals surface area contributed by atoms with Crippen molar-refractivity contribution in [2.45, 2.75) is 20.4 Å². The summed E-state index contributed by atoms with van der Waals surface area (Å²) in [5.41, 5.74) is 2.50. The standard InChI is InChI=1S/C12H13NOS2/c1-8-9(2)16-7-10(8)6-13-12(14)11-4-3-5-15-11/h3-5,7H,6H2,1-2H3,(H,13,14). The van der Waals surface area contributed by atoms with Crippen LogP contribution in [0.4, 0.5) is 0 Å². The zero-order chi connectivity index (χ0) is 11.5. The van der Waals surface area contributed by atoms with Gasteiger partial charge in [-0.05, 0) is 41.8 Å². The van der Waals surface area contributed by atoms with Gasteiger partial charge < -0.3 is 5.32 Å². The molecule has 0 radical (unpaired) electrons. The van der Waals surface area contributed by atoms with Gasteiger partial charge in [0.1, 0.15) is 0 Å². The molecule has 0 aromatic carbocycles. The van der Waals surface area contributed by atoms with E-state index in [2.05, 4.69) is 24.5 Å². The average molecular weight is 251 g/mol. The smallest absolute Gasteiger partial charge is 0.261 e. The first-order valence-electron chi connectivity index (χ1n) is 5.03. The van der Waals surface area contributed by atoms with Gasteiger partial charge >= 0.3 is 0 Å². The summed E-state index contributed by atoms with van der Waals surface area (Å²) in [6.45, 7) is 4.82. The Morgan fingerprint density at radius 3 is 2.75 bits per heavy atom. The molecule has 0 bridgehead atoms. The van der Waals surface area contributed by atoms with Gasteiger partial charge in [-0.3, -0.25) is 4.79 Å². The van der Waals surface area contributed by atoms with Crippen LogP contribution in [0.5, 0.6) is 0 Å². The minimum Gasteiger partial charge on any atom is -0.347 e. The van der Waals surface area contributed by atoms with Crippen LogP contribution in [0, 0.1) is 13.8 Å². The molecule has 0 aliphatic rings. The maximum absolute atomic E-state index is 11.7. The van der Waals surface area contributed by atoms with Gasteiger partial charge in [0, 0.05) is 11.4 Å². The van der Waals surface area contributed by atoms with Crippen molar-refractivity contribution in [3.05, 3.63) is 43.8 Å². The SMILES string of the molecule is Cc1scc(CNC(=O)c2cccs2)c1C. The Bertz CT molecular complexity index is 485. The zero-order valence-electron chi connectivity index (χ0n) is 9.24. The summed E-state index contributed by atoms with van der Waals surface area (Å²) in [7, 11) is 0. The van der Waals surface area contributed by atoms with Gasteiger partial charge in [0.15, 0.2) is 0 Å². The van der Waals surface area contributed by atoms with Crippen LogP contribution >= 0.6 is 22.7 Å². The van der Waals surface area contributed by atoms with Crippen molar-refractivity contribution in [2.75, 3.05) is 0 Å². The van der Waals surface area contributed by atoms with Crippen molar-refractivity contribution < 1.29 is 4.79 Å². The molecule has 0 spiro atoms. The number of hydrogen-bond acceptors (Lipinski definition) is 3. The van der Waals surface area contributed by atoms with E-state index in [1.807, 2.05) is 17.5 Å². The van der Waals surface area contributed by atoms with Crippen LogP contribution in [0.15, 0.2) is 22.9 Å². The van der Waals surface area contributed by atoms with Crippen molar-refractivity contribution in [2.24, 2.45) is 0 Å². The molecule has 2 aromatic heterocycles. The predicted octanol–water partition coefficient (Wildman–Crippen LogP) is 3.36. The van der Waals surface area contributed by atoms with E-state index in [1.54, 1.807) is 11.3 Å². The van der Waals surface area contributed by atoms with Crippen molar-refractivity contribution in [3.63, 3.8) is 0 Å². The van der Waals surface area contributed by atoms with Crippen molar-refractivity contribution >= 4 is 28.6 Å². The molecule has 1 amide bonds. The fourth-order valence-electron chi connectivity index (χ4n) is 1.41. The molecule has 0 atom stereocenters. The summed E-state index contributed by atoms with van der Waals surface area (Å²) < 4.78 is 0. The molecular weight excluding hydrogens is 238 g/mol. The van der Waals surface area contributed by atoms with Gasteiger partial charge in [0.2, 0.25) is 0 Å². The highest BCUT2D eigenvalue weighted by atomic mass is 32.1. The van der Waals surface area contributed by atoms with E-state index in [4.69, 9.17) is 0 Å². The zero-order valence-corrected chi connectivity index (χ0v) is 10.9. The molecule has 0 unspecified atom stereocenters. The largest absolute Gasteiger partial charge is 0.347 e. The first kappa shape index (κ1) is 11.4. The van der Waals surface area contributed by atoms with Gasteiger partial charge in [-0.2, -0.15) is 0 Å². The number of nitrogens with one attached hydrogen (secondary N) is 1. The summed E-state index contributed by atoms with van der Waals surface area (Å²) in [5, 5.41) is 6.96. The van der Waals surface area contributed by atoms with Crippen molar-refractivity contribution in [1.82, 2.24) is 5.32 Å². The first-order chi connectivity index (χ1) is 7.68. The number of hydrogen-bond donors (Lipinski definition) is 1. The summed E-state index contributed by atoms with van der Waals surface area (Å²) in [6, 6.07) is 3.73. The molecule has 84 valence electrons. The number of thiophene rings is 2. The van der Waals surface area contributed by atoms with Crippen molar-refractivity contribution in [1.29, 1.82) is 0 Å². The molecule has 16 heavy (non-hydrogen) atoms.